The number of esters is 1. The van der Waals surface area contributed by atoms with E-state index in [1.165, 1.54) is 7.11 Å². The van der Waals surface area contributed by atoms with Gasteiger partial charge in [0.2, 0.25) is 0 Å². The molecule has 1 aromatic heterocycles. The Morgan fingerprint density at radius 1 is 1.26 bits per heavy atom. The lowest BCUT2D eigenvalue weighted by Gasteiger charge is -2.36. The van der Waals surface area contributed by atoms with Crippen LogP contribution in [0.25, 0.3) is 0 Å². The Kier molecular flexibility index (Phi) is 7.98. The predicted octanol–water partition coefficient (Wildman–Crippen LogP) is 2.19. The second kappa shape index (κ2) is 11.0. The minimum Gasteiger partial charge on any atom is -0.465 e. The summed E-state index contributed by atoms with van der Waals surface area (Å²) < 4.78 is 17.8. The molecule has 1 unspecified atom stereocenters. The minimum atomic E-state index is -0.354. The lowest BCUT2D eigenvalue weighted by Crippen LogP contribution is -2.41. The van der Waals surface area contributed by atoms with Gasteiger partial charge >= 0.3 is 12.1 Å². The first kappa shape index (κ1) is 25.5. The first-order valence-electron chi connectivity index (χ1n) is 12.8. The molecule has 10 heteroatoms. The number of hydrogen-bond donors (Lipinski definition) is 1. The number of carbonyl (C=O) groups is 3. The summed E-state index contributed by atoms with van der Waals surface area (Å²) in [7, 11) is 1.36. The van der Waals surface area contributed by atoms with E-state index in [4.69, 9.17) is 19.3 Å². The zero-order chi connectivity index (χ0) is 25.0. The van der Waals surface area contributed by atoms with Crippen molar-refractivity contribution in [3.63, 3.8) is 0 Å². The van der Waals surface area contributed by atoms with E-state index in [-0.39, 0.29) is 35.2 Å². The number of nitrogens with one attached hydrogen (secondary N) is 1. The van der Waals surface area contributed by atoms with Crippen molar-refractivity contribution in [1.29, 1.82) is 0 Å². The van der Waals surface area contributed by atoms with E-state index in [2.05, 4.69) is 5.32 Å². The van der Waals surface area contributed by atoms with Crippen molar-refractivity contribution in [1.82, 2.24) is 20.0 Å². The molecule has 1 N–H and O–H groups in total. The molecule has 10 nitrogen and oxygen atoms in total. The summed E-state index contributed by atoms with van der Waals surface area (Å²) in [5.41, 5.74) is 2.65. The Balaban J connectivity index is 1.38. The molecule has 0 bridgehead atoms. The van der Waals surface area contributed by atoms with E-state index in [9.17, 15) is 14.4 Å². The molecule has 3 aliphatic rings. The van der Waals surface area contributed by atoms with Crippen molar-refractivity contribution >= 4 is 18.0 Å². The normalized spacial score (nSPS) is 21.1. The number of amides is 2. The Labute approximate surface area is 206 Å². The van der Waals surface area contributed by atoms with Gasteiger partial charge in [0.05, 0.1) is 25.3 Å². The van der Waals surface area contributed by atoms with Crippen LogP contribution in [0.5, 0.6) is 0 Å². The highest BCUT2D eigenvalue weighted by Crippen LogP contribution is 2.38. The van der Waals surface area contributed by atoms with E-state index in [1.54, 1.807) is 4.90 Å². The first-order chi connectivity index (χ1) is 16.9. The van der Waals surface area contributed by atoms with Gasteiger partial charge in [-0.15, -0.1) is 0 Å². The largest absolute Gasteiger partial charge is 0.465 e. The van der Waals surface area contributed by atoms with Crippen molar-refractivity contribution < 1.29 is 28.6 Å². The van der Waals surface area contributed by atoms with E-state index in [0.717, 1.165) is 30.5 Å². The predicted molar refractivity (Wildman–Crippen MR) is 127 cm³/mol. The molecule has 2 saturated heterocycles. The van der Waals surface area contributed by atoms with Crippen LogP contribution in [0.15, 0.2) is 0 Å². The Hall–Kier alpha value is -2.62. The van der Waals surface area contributed by atoms with Crippen molar-refractivity contribution in [3.05, 3.63) is 17.0 Å². The van der Waals surface area contributed by atoms with Crippen LogP contribution in [-0.4, -0.2) is 79.2 Å². The molecule has 0 aromatic carbocycles. The van der Waals surface area contributed by atoms with Crippen molar-refractivity contribution in [2.45, 2.75) is 58.9 Å². The molecule has 2 fully saturated rings. The number of nitrogens with zero attached hydrogens (tertiary/aromatic N) is 3. The van der Waals surface area contributed by atoms with E-state index in [0.29, 0.717) is 71.0 Å². The number of rotatable bonds is 6. The summed E-state index contributed by atoms with van der Waals surface area (Å²) in [4.78, 5) is 38.9. The molecule has 4 heterocycles. The second-order valence-electron chi connectivity index (χ2n) is 10.2. The van der Waals surface area contributed by atoms with E-state index >= 15 is 0 Å². The van der Waals surface area contributed by atoms with Crippen LogP contribution in [0.4, 0.5) is 4.79 Å². The molecule has 1 aromatic rings. The van der Waals surface area contributed by atoms with Gasteiger partial charge in [0.25, 0.3) is 5.91 Å². The van der Waals surface area contributed by atoms with Gasteiger partial charge in [0.1, 0.15) is 5.69 Å². The SMILES string of the molecule is CCn1nc(CC(C)COC(=O)C2CCN(C(=O)OC)CC2)c2c1C(=O)NCC1(CCOCC1)C2. The van der Waals surface area contributed by atoms with Gasteiger partial charge in [-0.2, -0.15) is 5.10 Å². The van der Waals surface area contributed by atoms with Gasteiger partial charge in [-0.05, 0) is 56.8 Å². The van der Waals surface area contributed by atoms with Crippen LogP contribution in [0, 0.1) is 17.3 Å². The maximum Gasteiger partial charge on any atom is 0.409 e. The molecule has 2 amide bonds. The van der Waals surface area contributed by atoms with Crippen LogP contribution in [0.3, 0.4) is 0 Å². The lowest BCUT2D eigenvalue weighted by atomic mass is 9.75. The summed E-state index contributed by atoms with van der Waals surface area (Å²) in [6, 6.07) is 0. The van der Waals surface area contributed by atoms with Crippen molar-refractivity contribution in [2.24, 2.45) is 17.3 Å². The third-order valence-electron chi connectivity index (χ3n) is 7.69. The quantitative estimate of drug-likeness (QED) is 0.609. The fourth-order valence-electron chi connectivity index (χ4n) is 5.49. The van der Waals surface area contributed by atoms with Crippen LogP contribution >= 0.6 is 0 Å². The standard InChI is InChI=1S/C25H38N4O6/c1-4-29-21-19(14-25(16-26-22(21)30)7-11-34-12-8-25)20(27-29)13-17(2)15-35-23(31)18-5-9-28(10-6-18)24(32)33-3/h17-18H,4-16H2,1-3H3,(H,26,30). The number of carbonyl (C=O) groups excluding carboxylic acids is 3. The van der Waals surface area contributed by atoms with Crippen LogP contribution < -0.4 is 5.32 Å². The summed E-state index contributed by atoms with van der Waals surface area (Å²) in [6.07, 6.45) is 4.10. The maximum absolute atomic E-state index is 13.0. The van der Waals surface area contributed by atoms with Gasteiger partial charge in [-0.25, -0.2) is 4.79 Å². The summed E-state index contributed by atoms with van der Waals surface area (Å²) >= 11 is 0. The second-order valence-corrected chi connectivity index (χ2v) is 10.2. The average molecular weight is 491 g/mol. The smallest absolute Gasteiger partial charge is 0.409 e. The number of ether oxygens (including phenoxy) is 3. The fourth-order valence-corrected chi connectivity index (χ4v) is 5.49. The highest BCUT2D eigenvalue weighted by Gasteiger charge is 2.40. The van der Waals surface area contributed by atoms with Crippen LogP contribution in [-0.2, 0) is 38.4 Å². The molecular formula is C25H38N4O6. The molecule has 1 spiro atoms. The van der Waals surface area contributed by atoms with Gasteiger partial charge in [-0.1, -0.05) is 6.92 Å². The Morgan fingerprint density at radius 3 is 2.63 bits per heavy atom. The molecule has 0 saturated carbocycles. The Bertz CT molecular complexity index is 931. The third-order valence-corrected chi connectivity index (χ3v) is 7.69. The number of fused-ring (bicyclic) bond motifs is 1. The highest BCUT2D eigenvalue weighted by atomic mass is 16.5. The number of hydrogen-bond acceptors (Lipinski definition) is 7. The number of aryl methyl sites for hydroxylation is 1. The van der Waals surface area contributed by atoms with Crippen molar-refractivity contribution in [3.8, 4) is 0 Å². The highest BCUT2D eigenvalue weighted by molar-refractivity contribution is 5.94. The first-order valence-corrected chi connectivity index (χ1v) is 12.8. The molecule has 194 valence electrons. The number of aromatic nitrogens is 2. The van der Waals surface area contributed by atoms with Gasteiger partial charge in [0.15, 0.2) is 0 Å². The number of piperidine rings is 1. The molecular weight excluding hydrogens is 452 g/mol. The van der Waals surface area contributed by atoms with Gasteiger partial charge in [0, 0.05) is 45.0 Å². The lowest BCUT2D eigenvalue weighted by molar-refractivity contribution is -0.151. The topological polar surface area (TPSA) is 112 Å². The number of methoxy groups -OCH3 is 1. The van der Waals surface area contributed by atoms with E-state index < -0.39 is 0 Å². The molecule has 4 rings (SSSR count). The summed E-state index contributed by atoms with van der Waals surface area (Å²) in [5, 5.41) is 7.94. The van der Waals surface area contributed by atoms with Crippen LogP contribution in [0.2, 0.25) is 0 Å². The molecule has 0 radical (unpaired) electrons. The summed E-state index contributed by atoms with van der Waals surface area (Å²) in [6.45, 7) is 8.06. The van der Waals surface area contributed by atoms with Crippen molar-refractivity contribution in [2.75, 3.05) is 46.6 Å². The van der Waals surface area contributed by atoms with E-state index in [1.807, 2.05) is 18.5 Å². The molecule has 1 atom stereocenters. The Morgan fingerprint density at radius 2 is 1.97 bits per heavy atom. The minimum absolute atomic E-state index is 0.00425. The monoisotopic (exact) mass is 490 g/mol. The van der Waals surface area contributed by atoms with Gasteiger partial charge < -0.3 is 24.4 Å². The zero-order valence-corrected chi connectivity index (χ0v) is 21.1. The van der Waals surface area contributed by atoms with Crippen LogP contribution in [0.1, 0.15) is 61.3 Å². The molecule has 35 heavy (non-hydrogen) atoms. The average Bonchev–Trinajstić information content (AvgIpc) is 3.15. The van der Waals surface area contributed by atoms with Gasteiger partial charge in [-0.3, -0.25) is 14.3 Å². The summed E-state index contributed by atoms with van der Waals surface area (Å²) in [5.74, 6) is -0.396. The molecule has 0 aliphatic carbocycles. The molecule has 3 aliphatic heterocycles. The third kappa shape index (κ3) is 5.63. The number of likely N-dealkylation sites (tertiary alicyclic amines) is 1. The zero-order valence-electron chi connectivity index (χ0n) is 21.1. The fraction of sp³-hybridized carbons (Fsp3) is 0.760. The maximum atomic E-state index is 13.0.